The number of amides is 1. The average Bonchev–Trinajstić information content (AvgIpc) is 2.50. The molecule has 5 nitrogen and oxygen atoms in total. The number of hydrogen-bond donors (Lipinski definition) is 1. The van der Waals surface area contributed by atoms with Gasteiger partial charge in [-0.25, -0.2) is 4.39 Å². The molecule has 0 bridgehead atoms. The van der Waals surface area contributed by atoms with E-state index in [9.17, 15) is 9.18 Å². The molecule has 22 heavy (non-hydrogen) atoms. The first kappa shape index (κ1) is 16.7. The molecule has 0 saturated carbocycles. The number of rotatable bonds is 5. The lowest BCUT2D eigenvalue weighted by Crippen LogP contribution is -2.44. The molecule has 1 heterocycles. The molecular weight excluding hydrogens is 285 g/mol. The fraction of sp³-hybridized carbons (Fsp3) is 0.562. The molecule has 1 saturated heterocycles. The number of likely N-dealkylation sites (N-methyl/N-ethyl adjacent to an activating group) is 1. The zero-order chi connectivity index (χ0) is 16.1. The van der Waals surface area contributed by atoms with Gasteiger partial charge in [-0.2, -0.15) is 0 Å². The van der Waals surface area contributed by atoms with Gasteiger partial charge in [0.25, 0.3) is 5.91 Å². The Morgan fingerprint density at radius 3 is 2.64 bits per heavy atom. The second-order valence-electron chi connectivity index (χ2n) is 5.57. The van der Waals surface area contributed by atoms with Gasteiger partial charge in [0.2, 0.25) is 0 Å². The maximum Gasteiger partial charge on any atom is 0.253 e. The minimum Gasteiger partial charge on any atom is -0.372 e. The minimum atomic E-state index is -0.524. The van der Waals surface area contributed by atoms with E-state index < -0.39 is 6.10 Å². The standard InChI is InChI=1S/C16H24FN3O2/c1-4-15(22-3)16(21)18-13-11-12(17)5-6-14(13)20-9-7-19(2)8-10-20/h5-6,11,15H,4,7-10H2,1-3H3,(H,18,21)/t15-/m1/s1. The lowest BCUT2D eigenvalue weighted by atomic mass is 10.2. The molecule has 1 amide bonds. The van der Waals surface area contributed by atoms with Crippen molar-refractivity contribution in [2.45, 2.75) is 19.4 Å². The normalized spacial score (nSPS) is 17.4. The molecule has 1 fully saturated rings. The van der Waals surface area contributed by atoms with Crippen LogP contribution in [-0.4, -0.2) is 57.2 Å². The molecule has 1 aliphatic rings. The van der Waals surface area contributed by atoms with Crippen LogP contribution in [-0.2, 0) is 9.53 Å². The number of piperazine rings is 1. The van der Waals surface area contributed by atoms with Crippen LogP contribution in [0.15, 0.2) is 18.2 Å². The Morgan fingerprint density at radius 2 is 2.05 bits per heavy atom. The number of hydrogen-bond acceptors (Lipinski definition) is 4. The zero-order valence-electron chi connectivity index (χ0n) is 13.4. The highest BCUT2D eigenvalue weighted by Gasteiger charge is 2.21. The van der Waals surface area contributed by atoms with Crippen molar-refractivity contribution in [2.75, 3.05) is 50.6 Å². The van der Waals surface area contributed by atoms with E-state index in [2.05, 4.69) is 22.2 Å². The van der Waals surface area contributed by atoms with E-state index in [1.165, 1.54) is 19.2 Å². The third kappa shape index (κ3) is 3.96. The number of halogens is 1. The molecule has 6 heteroatoms. The van der Waals surface area contributed by atoms with E-state index in [-0.39, 0.29) is 11.7 Å². The number of anilines is 2. The topological polar surface area (TPSA) is 44.8 Å². The van der Waals surface area contributed by atoms with Crippen LogP contribution in [0, 0.1) is 5.82 Å². The maximum atomic E-state index is 13.6. The first-order chi connectivity index (χ1) is 10.5. The number of ether oxygens (including phenoxy) is 1. The van der Waals surface area contributed by atoms with E-state index in [0.29, 0.717) is 12.1 Å². The number of nitrogens with one attached hydrogen (secondary N) is 1. The summed E-state index contributed by atoms with van der Waals surface area (Å²) in [7, 11) is 3.58. The van der Waals surface area contributed by atoms with Crippen LogP contribution in [0.25, 0.3) is 0 Å². The van der Waals surface area contributed by atoms with Crippen molar-refractivity contribution in [3.63, 3.8) is 0 Å². The van der Waals surface area contributed by atoms with Gasteiger partial charge in [0.1, 0.15) is 11.9 Å². The maximum absolute atomic E-state index is 13.6. The summed E-state index contributed by atoms with van der Waals surface area (Å²) in [4.78, 5) is 16.6. The third-order valence-corrected chi connectivity index (χ3v) is 4.01. The zero-order valence-corrected chi connectivity index (χ0v) is 13.4. The number of carbonyl (C=O) groups excluding carboxylic acids is 1. The highest BCUT2D eigenvalue weighted by atomic mass is 19.1. The Bertz CT molecular complexity index is 512. The second kappa shape index (κ2) is 7.56. The van der Waals surface area contributed by atoms with Crippen molar-refractivity contribution < 1.29 is 13.9 Å². The van der Waals surface area contributed by atoms with E-state index in [0.717, 1.165) is 31.9 Å². The summed E-state index contributed by atoms with van der Waals surface area (Å²) >= 11 is 0. The van der Waals surface area contributed by atoms with Gasteiger partial charge < -0.3 is 19.9 Å². The molecule has 0 aliphatic carbocycles. The van der Waals surface area contributed by atoms with Crippen molar-refractivity contribution in [1.82, 2.24) is 4.90 Å². The lowest BCUT2D eigenvalue weighted by Gasteiger charge is -2.35. The van der Waals surface area contributed by atoms with Gasteiger partial charge in [-0.15, -0.1) is 0 Å². The van der Waals surface area contributed by atoms with Crippen LogP contribution in [0.3, 0.4) is 0 Å². The van der Waals surface area contributed by atoms with Gasteiger partial charge in [0, 0.05) is 33.3 Å². The van der Waals surface area contributed by atoms with Crippen molar-refractivity contribution in [3.8, 4) is 0 Å². The first-order valence-corrected chi connectivity index (χ1v) is 7.61. The molecule has 122 valence electrons. The Labute approximate surface area is 131 Å². The fourth-order valence-electron chi connectivity index (χ4n) is 2.60. The molecule has 0 aromatic heterocycles. The largest absolute Gasteiger partial charge is 0.372 e. The summed E-state index contributed by atoms with van der Waals surface area (Å²) in [5.74, 6) is -0.607. The van der Waals surface area contributed by atoms with Crippen LogP contribution in [0.5, 0.6) is 0 Å². The van der Waals surface area contributed by atoms with Crippen LogP contribution in [0.4, 0.5) is 15.8 Å². The summed E-state index contributed by atoms with van der Waals surface area (Å²) in [5.41, 5.74) is 1.36. The summed E-state index contributed by atoms with van der Waals surface area (Å²) in [6, 6.07) is 4.52. The summed E-state index contributed by atoms with van der Waals surface area (Å²) in [6.07, 6.45) is 0.0465. The molecule has 1 N–H and O–H groups in total. The van der Waals surface area contributed by atoms with Crippen molar-refractivity contribution in [3.05, 3.63) is 24.0 Å². The van der Waals surface area contributed by atoms with Crippen LogP contribution < -0.4 is 10.2 Å². The van der Waals surface area contributed by atoms with E-state index in [4.69, 9.17) is 4.74 Å². The predicted molar refractivity (Wildman–Crippen MR) is 85.8 cm³/mol. The molecule has 0 spiro atoms. The van der Waals surface area contributed by atoms with Gasteiger partial charge in [-0.05, 0) is 31.7 Å². The number of methoxy groups -OCH3 is 1. The Kier molecular flexibility index (Phi) is 5.74. The van der Waals surface area contributed by atoms with E-state index >= 15 is 0 Å². The molecule has 1 aromatic carbocycles. The molecule has 0 radical (unpaired) electrons. The summed E-state index contributed by atoms with van der Waals surface area (Å²) in [6.45, 7) is 5.47. The van der Waals surface area contributed by atoms with Gasteiger partial charge in [0.15, 0.2) is 0 Å². The minimum absolute atomic E-state index is 0.244. The molecule has 1 atom stereocenters. The summed E-state index contributed by atoms with van der Waals surface area (Å²) in [5, 5.41) is 2.80. The molecule has 0 unspecified atom stereocenters. The highest BCUT2D eigenvalue weighted by Crippen LogP contribution is 2.28. The van der Waals surface area contributed by atoms with Gasteiger partial charge >= 0.3 is 0 Å². The molecular formula is C16H24FN3O2. The van der Waals surface area contributed by atoms with Crippen LogP contribution in [0.2, 0.25) is 0 Å². The first-order valence-electron chi connectivity index (χ1n) is 7.61. The van der Waals surface area contributed by atoms with E-state index in [1.807, 2.05) is 6.92 Å². The Balaban J connectivity index is 2.19. The number of carbonyl (C=O) groups is 1. The van der Waals surface area contributed by atoms with Crippen molar-refractivity contribution in [1.29, 1.82) is 0 Å². The predicted octanol–water partition coefficient (Wildman–Crippen LogP) is 1.94. The Morgan fingerprint density at radius 1 is 1.36 bits per heavy atom. The number of benzene rings is 1. The van der Waals surface area contributed by atoms with Gasteiger partial charge in [0.05, 0.1) is 11.4 Å². The fourth-order valence-corrected chi connectivity index (χ4v) is 2.60. The van der Waals surface area contributed by atoms with E-state index in [1.54, 1.807) is 6.07 Å². The van der Waals surface area contributed by atoms with Crippen molar-refractivity contribution in [2.24, 2.45) is 0 Å². The second-order valence-corrected chi connectivity index (χ2v) is 5.57. The van der Waals surface area contributed by atoms with Gasteiger partial charge in [-0.3, -0.25) is 4.79 Å². The third-order valence-electron chi connectivity index (χ3n) is 4.01. The lowest BCUT2D eigenvalue weighted by molar-refractivity contribution is -0.125. The average molecular weight is 309 g/mol. The quantitative estimate of drug-likeness (QED) is 0.903. The van der Waals surface area contributed by atoms with Gasteiger partial charge in [-0.1, -0.05) is 6.92 Å². The smallest absolute Gasteiger partial charge is 0.253 e. The highest BCUT2D eigenvalue weighted by molar-refractivity contribution is 5.97. The Hall–Kier alpha value is -1.66. The SMILES string of the molecule is CC[C@@H](OC)C(=O)Nc1cc(F)ccc1N1CCN(C)CC1. The molecule has 2 rings (SSSR count). The van der Waals surface area contributed by atoms with Crippen LogP contribution in [0.1, 0.15) is 13.3 Å². The van der Waals surface area contributed by atoms with Crippen molar-refractivity contribution >= 4 is 17.3 Å². The van der Waals surface area contributed by atoms with Crippen LogP contribution >= 0.6 is 0 Å². The monoisotopic (exact) mass is 309 g/mol. The summed E-state index contributed by atoms with van der Waals surface area (Å²) < 4.78 is 18.7. The molecule has 1 aromatic rings. The molecule has 1 aliphatic heterocycles. The number of nitrogens with zero attached hydrogens (tertiary/aromatic N) is 2.